The van der Waals surface area contributed by atoms with Crippen LogP contribution in [0.15, 0.2) is 24.3 Å². The Kier molecular flexibility index (Phi) is 2.63. The van der Waals surface area contributed by atoms with Crippen LogP contribution in [0.3, 0.4) is 0 Å². The van der Waals surface area contributed by atoms with E-state index in [1.807, 2.05) is 0 Å². The Morgan fingerprint density at radius 1 is 1.44 bits per heavy atom. The Hall–Kier alpha value is -1.49. The number of benzene rings is 1. The monoisotopic (exact) mass is 227 g/mol. The molecule has 3 nitrogen and oxygen atoms in total. The zero-order valence-electron chi connectivity index (χ0n) is 8.41. The molecule has 0 aromatic heterocycles. The topological polar surface area (TPSA) is 49.3 Å². The van der Waals surface area contributed by atoms with Crippen LogP contribution in [-0.2, 0) is 0 Å². The standard InChI is InChI=1S/C11H11F2NO2/c12-11(13)5-9(14-6-11)7-3-1-2-4-8(7)10(15)16/h1-4,9,14H,5-6H2,(H,15,16)/t9-/m0/s1. The van der Waals surface area contributed by atoms with Crippen molar-refractivity contribution in [2.45, 2.75) is 18.4 Å². The van der Waals surface area contributed by atoms with E-state index >= 15 is 0 Å². The minimum absolute atomic E-state index is 0.0812. The van der Waals surface area contributed by atoms with Crippen LogP contribution < -0.4 is 5.32 Å². The lowest BCUT2D eigenvalue weighted by Crippen LogP contribution is -2.20. The van der Waals surface area contributed by atoms with Gasteiger partial charge in [-0.3, -0.25) is 0 Å². The minimum atomic E-state index is -2.75. The lowest BCUT2D eigenvalue weighted by atomic mass is 9.98. The third kappa shape index (κ3) is 2.04. The van der Waals surface area contributed by atoms with Crippen molar-refractivity contribution in [3.63, 3.8) is 0 Å². The third-order valence-electron chi connectivity index (χ3n) is 2.68. The van der Waals surface area contributed by atoms with Gasteiger partial charge in [-0.2, -0.15) is 0 Å². The van der Waals surface area contributed by atoms with Crippen LogP contribution in [-0.4, -0.2) is 23.5 Å². The van der Waals surface area contributed by atoms with Gasteiger partial charge in [0.25, 0.3) is 5.92 Å². The SMILES string of the molecule is O=C(O)c1ccccc1[C@@H]1CC(F)(F)CN1. The highest BCUT2D eigenvalue weighted by atomic mass is 19.3. The van der Waals surface area contributed by atoms with Crippen molar-refractivity contribution < 1.29 is 18.7 Å². The van der Waals surface area contributed by atoms with Crippen molar-refractivity contribution in [3.05, 3.63) is 35.4 Å². The number of carbonyl (C=O) groups is 1. The summed E-state index contributed by atoms with van der Waals surface area (Å²) in [6.07, 6.45) is -0.350. The molecule has 0 spiro atoms. The lowest BCUT2D eigenvalue weighted by molar-refractivity contribution is 0.0209. The molecule has 1 aromatic rings. The largest absolute Gasteiger partial charge is 0.478 e. The Balaban J connectivity index is 2.31. The lowest BCUT2D eigenvalue weighted by Gasteiger charge is -2.13. The second-order valence-corrected chi connectivity index (χ2v) is 3.89. The highest BCUT2D eigenvalue weighted by molar-refractivity contribution is 5.89. The number of hydrogen-bond donors (Lipinski definition) is 2. The Morgan fingerprint density at radius 3 is 2.69 bits per heavy atom. The molecule has 1 aliphatic rings. The summed E-state index contributed by atoms with van der Waals surface area (Å²) in [4.78, 5) is 10.9. The number of alkyl halides is 2. The van der Waals surface area contributed by atoms with E-state index in [4.69, 9.17) is 5.11 Å². The van der Waals surface area contributed by atoms with Gasteiger partial charge in [-0.25, -0.2) is 13.6 Å². The van der Waals surface area contributed by atoms with Crippen LogP contribution >= 0.6 is 0 Å². The molecule has 0 saturated carbocycles. The molecular weight excluding hydrogens is 216 g/mol. The third-order valence-corrected chi connectivity index (χ3v) is 2.68. The molecule has 86 valence electrons. The average molecular weight is 227 g/mol. The molecule has 1 heterocycles. The summed E-state index contributed by atoms with van der Waals surface area (Å²) in [6, 6.07) is 5.65. The summed E-state index contributed by atoms with van der Waals surface area (Å²) in [5.41, 5.74) is 0.505. The summed E-state index contributed by atoms with van der Waals surface area (Å²) in [5.74, 6) is -3.84. The Morgan fingerprint density at radius 2 is 2.12 bits per heavy atom. The van der Waals surface area contributed by atoms with Gasteiger partial charge in [0.1, 0.15) is 0 Å². The molecule has 2 rings (SSSR count). The van der Waals surface area contributed by atoms with Gasteiger partial charge in [0.2, 0.25) is 0 Å². The molecule has 1 saturated heterocycles. The Labute approximate surface area is 91.1 Å². The number of rotatable bonds is 2. The summed E-state index contributed by atoms with van der Waals surface area (Å²) in [5, 5.41) is 11.6. The van der Waals surface area contributed by atoms with E-state index in [0.717, 1.165) is 0 Å². The van der Waals surface area contributed by atoms with Gasteiger partial charge in [0, 0.05) is 12.5 Å². The molecule has 16 heavy (non-hydrogen) atoms. The first-order valence-electron chi connectivity index (χ1n) is 4.93. The second-order valence-electron chi connectivity index (χ2n) is 3.89. The summed E-state index contributed by atoms with van der Waals surface area (Å²) >= 11 is 0. The van der Waals surface area contributed by atoms with Crippen LogP contribution in [0.1, 0.15) is 28.4 Å². The highest BCUT2D eigenvalue weighted by Crippen LogP contribution is 2.35. The van der Waals surface area contributed by atoms with E-state index in [1.165, 1.54) is 6.07 Å². The molecule has 1 fully saturated rings. The van der Waals surface area contributed by atoms with Gasteiger partial charge in [-0.05, 0) is 11.6 Å². The van der Waals surface area contributed by atoms with Crippen molar-refractivity contribution >= 4 is 5.97 Å². The number of carboxylic acid groups (broad SMARTS) is 1. The molecule has 0 bridgehead atoms. The van der Waals surface area contributed by atoms with Crippen molar-refractivity contribution in [2.24, 2.45) is 0 Å². The minimum Gasteiger partial charge on any atom is -0.478 e. The molecule has 2 N–H and O–H groups in total. The maximum absolute atomic E-state index is 13.0. The van der Waals surface area contributed by atoms with Gasteiger partial charge < -0.3 is 10.4 Å². The van der Waals surface area contributed by atoms with E-state index in [2.05, 4.69) is 5.32 Å². The van der Waals surface area contributed by atoms with Crippen LogP contribution in [0.25, 0.3) is 0 Å². The number of hydrogen-bond acceptors (Lipinski definition) is 2. The summed E-state index contributed by atoms with van der Waals surface area (Å²) < 4.78 is 26.0. The molecule has 1 aromatic carbocycles. The smallest absolute Gasteiger partial charge is 0.336 e. The average Bonchev–Trinajstić information content (AvgIpc) is 2.59. The van der Waals surface area contributed by atoms with Gasteiger partial charge in [0.05, 0.1) is 12.1 Å². The van der Waals surface area contributed by atoms with Crippen molar-refractivity contribution in [1.82, 2.24) is 5.32 Å². The molecule has 1 aliphatic heterocycles. The number of aromatic carboxylic acids is 1. The summed E-state index contributed by atoms with van der Waals surface area (Å²) in [7, 11) is 0. The molecule has 0 unspecified atom stereocenters. The number of carboxylic acids is 1. The van der Waals surface area contributed by atoms with Crippen LogP contribution in [0.2, 0.25) is 0 Å². The summed E-state index contributed by atoms with van der Waals surface area (Å²) in [6.45, 7) is -0.397. The maximum atomic E-state index is 13.0. The number of nitrogens with one attached hydrogen (secondary N) is 1. The normalized spacial score (nSPS) is 23.2. The quantitative estimate of drug-likeness (QED) is 0.813. The predicted molar refractivity (Wildman–Crippen MR) is 53.7 cm³/mol. The zero-order chi connectivity index (χ0) is 11.8. The molecule has 0 radical (unpaired) electrons. The molecule has 0 amide bonds. The van der Waals surface area contributed by atoms with Gasteiger partial charge in [-0.1, -0.05) is 18.2 Å². The first kappa shape index (κ1) is 11.0. The van der Waals surface area contributed by atoms with Crippen LogP contribution in [0, 0.1) is 0 Å². The van der Waals surface area contributed by atoms with E-state index in [0.29, 0.717) is 5.56 Å². The zero-order valence-corrected chi connectivity index (χ0v) is 8.41. The molecule has 1 atom stereocenters. The molecular formula is C11H11F2NO2. The van der Waals surface area contributed by atoms with E-state index in [9.17, 15) is 13.6 Å². The number of halogens is 2. The fourth-order valence-corrected chi connectivity index (χ4v) is 1.93. The van der Waals surface area contributed by atoms with Gasteiger partial charge in [-0.15, -0.1) is 0 Å². The maximum Gasteiger partial charge on any atom is 0.336 e. The van der Waals surface area contributed by atoms with Crippen LogP contribution in [0.4, 0.5) is 8.78 Å². The van der Waals surface area contributed by atoms with E-state index in [1.54, 1.807) is 18.2 Å². The molecule has 5 heteroatoms. The van der Waals surface area contributed by atoms with E-state index < -0.39 is 24.5 Å². The first-order chi connectivity index (χ1) is 7.49. The van der Waals surface area contributed by atoms with Crippen molar-refractivity contribution in [2.75, 3.05) is 6.54 Å². The second kappa shape index (κ2) is 3.83. The fourth-order valence-electron chi connectivity index (χ4n) is 1.93. The molecule has 0 aliphatic carbocycles. The highest BCUT2D eigenvalue weighted by Gasteiger charge is 2.40. The van der Waals surface area contributed by atoms with E-state index in [-0.39, 0.29) is 12.0 Å². The predicted octanol–water partition coefficient (Wildman–Crippen LogP) is 2.05. The van der Waals surface area contributed by atoms with Crippen molar-refractivity contribution in [1.29, 1.82) is 0 Å². The van der Waals surface area contributed by atoms with Crippen molar-refractivity contribution in [3.8, 4) is 0 Å². The van der Waals surface area contributed by atoms with Gasteiger partial charge in [0.15, 0.2) is 0 Å². The van der Waals surface area contributed by atoms with Gasteiger partial charge >= 0.3 is 5.97 Å². The van der Waals surface area contributed by atoms with Crippen LogP contribution in [0.5, 0.6) is 0 Å². The Bertz CT molecular complexity index is 420. The first-order valence-corrected chi connectivity index (χ1v) is 4.93. The fraction of sp³-hybridized carbons (Fsp3) is 0.364.